The highest BCUT2D eigenvalue weighted by Crippen LogP contribution is 2.33. The fourth-order valence-electron chi connectivity index (χ4n) is 1.53. The number of ether oxygens (including phenoxy) is 1. The van der Waals surface area contributed by atoms with Crippen LogP contribution in [0.3, 0.4) is 0 Å². The van der Waals surface area contributed by atoms with Crippen LogP contribution >= 0.6 is 34.8 Å². The van der Waals surface area contributed by atoms with Crippen molar-refractivity contribution in [1.82, 2.24) is 5.43 Å². The number of hydrazone groups is 1. The average Bonchev–Trinajstić information content (AvgIpc) is 3.23. The minimum atomic E-state index is -0.355. The zero-order valence-electron chi connectivity index (χ0n) is 10.8. The van der Waals surface area contributed by atoms with Gasteiger partial charge in [-0.3, -0.25) is 4.79 Å². The molecule has 0 spiro atoms. The summed E-state index contributed by atoms with van der Waals surface area (Å²) >= 11 is 17.6. The second-order valence-electron chi connectivity index (χ2n) is 4.55. The van der Waals surface area contributed by atoms with Crippen LogP contribution in [-0.2, 0) is 4.79 Å². The van der Waals surface area contributed by atoms with Crippen LogP contribution in [0.2, 0.25) is 15.1 Å². The van der Waals surface area contributed by atoms with Crippen molar-refractivity contribution in [3.8, 4) is 5.75 Å². The largest absolute Gasteiger partial charge is 0.482 e. The highest BCUT2D eigenvalue weighted by molar-refractivity contribution is 6.43. The molecule has 108 valence electrons. The lowest BCUT2D eigenvalue weighted by Crippen LogP contribution is -2.25. The quantitative estimate of drug-likeness (QED) is 0.503. The topological polar surface area (TPSA) is 50.7 Å². The number of hydrogen-bond acceptors (Lipinski definition) is 3. The Labute approximate surface area is 132 Å². The van der Waals surface area contributed by atoms with Crippen LogP contribution in [0, 0.1) is 5.92 Å². The van der Waals surface area contributed by atoms with Gasteiger partial charge in [0.05, 0.1) is 15.1 Å². The first kappa shape index (κ1) is 15.4. The van der Waals surface area contributed by atoms with Crippen molar-refractivity contribution in [2.75, 3.05) is 6.61 Å². The number of carbonyl (C=O) groups excluding carboxylic acids is 1. The van der Waals surface area contributed by atoms with Crippen molar-refractivity contribution in [3.63, 3.8) is 0 Å². The van der Waals surface area contributed by atoms with E-state index < -0.39 is 0 Å². The van der Waals surface area contributed by atoms with Gasteiger partial charge in [-0.15, -0.1) is 0 Å². The lowest BCUT2D eigenvalue weighted by molar-refractivity contribution is -0.123. The Morgan fingerprint density at radius 2 is 1.95 bits per heavy atom. The standard InChI is InChI=1S/C13H13Cl3N2O2/c1-7(8-2-3-8)17-18-13(19)6-20-12-5-10(15)9(14)4-11(12)16/h4-5,8H,2-3,6H2,1H3,(H,18,19)/b17-7-. The molecular weight excluding hydrogens is 323 g/mol. The van der Waals surface area contributed by atoms with Gasteiger partial charge in [0.25, 0.3) is 5.91 Å². The van der Waals surface area contributed by atoms with E-state index >= 15 is 0 Å². The summed E-state index contributed by atoms with van der Waals surface area (Å²) in [5, 5.41) is 4.95. The Kier molecular flexibility index (Phi) is 5.13. The molecule has 0 aliphatic heterocycles. The fraction of sp³-hybridized carbons (Fsp3) is 0.385. The molecule has 0 aromatic heterocycles. The lowest BCUT2D eigenvalue weighted by atomic mass is 10.3. The molecule has 1 aliphatic rings. The summed E-state index contributed by atoms with van der Waals surface area (Å²) in [5.41, 5.74) is 3.38. The van der Waals surface area contributed by atoms with E-state index in [1.54, 1.807) is 0 Å². The van der Waals surface area contributed by atoms with E-state index in [0.29, 0.717) is 26.7 Å². The average molecular weight is 336 g/mol. The van der Waals surface area contributed by atoms with Gasteiger partial charge in [-0.2, -0.15) is 5.10 Å². The van der Waals surface area contributed by atoms with Crippen molar-refractivity contribution in [2.24, 2.45) is 11.0 Å². The second kappa shape index (κ2) is 6.66. The number of amides is 1. The van der Waals surface area contributed by atoms with Crippen molar-refractivity contribution in [1.29, 1.82) is 0 Å². The molecule has 1 N–H and O–H groups in total. The third-order valence-electron chi connectivity index (χ3n) is 2.86. The molecule has 0 atom stereocenters. The van der Waals surface area contributed by atoms with Crippen molar-refractivity contribution < 1.29 is 9.53 Å². The van der Waals surface area contributed by atoms with E-state index in [9.17, 15) is 4.79 Å². The molecule has 0 radical (unpaired) electrons. The summed E-state index contributed by atoms with van der Waals surface area (Å²) in [6.07, 6.45) is 2.28. The number of hydrogen-bond donors (Lipinski definition) is 1. The Bertz CT molecular complexity index is 557. The Hall–Kier alpha value is -0.970. The van der Waals surface area contributed by atoms with Crippen LogP contribution in [0.4, 0.5) is 0 Å². The molecule has 1 fully saturated rings. The summed E-state index contributed by atoms with van der Waals surface area (Å²) in [7, 11) is 0. The number of halogens is 3. The van der Waals surface area contributed by atoms with Gasteiger partial charge in [0.1, 0.15) is 5.75 Å². The van der Waals surface area contributed by atoms with E-state index in [1.165, 1.54) is 12.1 Å². The molecule has 1 saturated carbocycles. The summed E-state index contributed by atoms with van der Waals surface area (Å²) < 4.78 is 5.29. The van der Waals surface area contributed by atoms with Crippen molar-refractivity contribution in [2.45, 2.75) is 19.8 Å². The Morgan fingerprint density at radius 3 is 2.60 bits per heavy atom. The summed E-state index contributed by atoms with van der Waals surface area (Å²) in [6, 6.07) is 2.94. The summed E-state index contributed by atoms with van der Waals surface area (Å²) in [5.74, 6) is 0.465. The van der Waals surface area contributed by atoms with Gasteiger partial charge in [-0.25, -0.2) is 5.43 Å². The molecule has 1 aromatic rings. The van der Waals surface area contributed by atoms with Gasteiger partial charge in [0, 0.05) is 11.8 Å². The molecule has 0 bridgehead atoms. The fourth-order valence-corrected chi connectivity index (χ4v) is 2.12. The lowest BCUT2D eigenvalue weighted by Gasteiger charge is -2.08. The predicted molar refractivity (Wildman–Crippen MR) is 80.9 cm³/mol. The SMILES string of the molecule is C/C(=N/NC(=O)COc1cc(Cl)c(Cl)cc1Cl)C1CC1. The van der Waals surface area contributed by atoms with Crippen LogP contribution in [0.5, 0.6) is 5.75 Å². The van der Waals surface area contributed by atoms with E-state index in [1.807, 2.05) is 6.92 Å². The van der Waals surface area contributed by atoms with Crippen LogP contribution in [0.15, 0.2) is 17.2 Å². The highest BCUT2D eigenvalue weighted by Gasteiger charge is 2.24. The monoisotopic (exact) mass is 334 g/mol. The number of benzene rings is 1. The van der Waals surface area contributed by atoms with Gasteiger partial charge in [-0.1, -0.05) is 34.8 Å². The molecule has 2 rings (SSSR count). The smallest absolute Gasteiger partial charge is 0.277 e. The van der Waals surface area contributed by atoms with Gasteiger partial charge >= 0.3 is 0 Å². The number of carbonyl (C=O) groups is 1. The van der Waals surface area contributed by atoms with Crippen LogP contribution in [-0.4, -0.2) is 18.2 Å². The summed E-state index contributed by atoms with van der Waals surface area (Å²) in [4.78, 5) is 11.6. The predicted octanol–water partition coefficient (Wildman–Crippen LogP) is 3.93. The van der Waals surface area contributed by atoms with Gasteiger partial charge in [0.15, 0.2) is 6.61 Å². The van der Waals surface area contributed by atoms with E-state index in [4.69, 9.17) is 39.5 Å². The van der Waals surface area contributed by atoms with E-state index in [-0.39, 0.29) is 12.5 Å². The summed E-state index contributed by atoms with van der Waals surface area (Å²) in [6.45, 7) is 1.70. The van der Waals surface area contributed by atoms with Gasteiger partial charge in [0.2, 0.25) is 0 Å². The molecule has 1 aliphatic carbocycles. The van der Waals surface area contributed by atoms with Crippen LogP contribution < -0.4 is 10.2 Å². The molecule has 1 amide bonds. The van der Waals surface area contributed by atoms with Crippen molar-refractivity contribution in [3.05, 3.63) is 27.2 Å². The molecular formula is C13H13Cl3N2O2. The first-order chi connectivity index (χ1) is 9.47. The minimum absolute atomic E-state index is 0.195. The molecule has 4 nitrogen and oxygen atoms in total. The Balaban J connectivity index is 1.87. The molecule has 1 aromatic carbocycles. The number of nitrogens with one attached hydrogen (secondary N) is 1. The molecule has 0 heterocycles. The first-order valence-corrected chi connectivity index (χ1v) is 7.21. The maximum absolute atomic E-state index is 11.6. The van der Waals surface area contributed by atoms with E-state index in [0.717, 1.165) is 18.6 Å². The second-order valence-corrected chi connectivity index (χ2v) is 5.77. The van der Waals surface area contributed by atoms with Crippen LogP contribution in [0.25, 0.3) is 0 Å². The number of nitrogens with zero attached hydrogens (tertiary/aromatic N) is 1. The zero-order chi connectivity index (χ0) is 14.7. The maximum Gasteiger partial charge on any atom is 0.277 e. The first-order valence-electron chi connectivity index (χ1n) is 6.07. The molecule has 0 unspecified atom stereocenters. The molecule has 20 heavy (non-hydrogen) atoms. The number of rotatable bonds is 5. The Morgan fingerprint density at radius 1 is 1.30 bits per heavy atom. The minimum Gasteiger partial charge on any atom is -0.482 e. The van der Waals surface area contributed by atoms with Gasteiger partial charge < -0.3 is 4.74 Å². The molecule has 0 saturated heterocycles. The zero-order valence-corrected chi connectivity index (χ0v) is 13.0. The van der Waals surface area contributed by atoms with Crippen LogP contribution in [0.1, 0.15) is 19.8 Å². The van der Waals surface area contributed by atoms with Crippen molar-refractivity contribution >= 4 is 46.4 Å². The van der Waals surface area contributed by atoms with Gasteiger partial charge in [-0.05, 0) is 31.7 Å². The third-order valence-corrected chi connectivity index (χ3v) is 3.88. The maximum atomic E-state index is 11.6. The normalized spacial score (nSPS) is 15.1. The highest BCUT2D eigenvalue weighted by atomic mass is 35.5. The van der Waals surface area contributed by atoms with E-state index in [2.05, 4.69) is 10.5 Å². The molecule has 7 heteroatoms. The third kappa shape index (κ3) is 4.27.